The highest BCUT2D eigenvalue weighted by atomic mass is 19.1. The Bertz CT molecular complexity index is 410. The number of nitro groups is 1. The van der Waals surface area contributed by atoms with E-state index in [-0.39, 0.29) is 0 Å². The van der Waals surface area contributed by atoms with E-state index in [1.54, 1.807) is 6.07 Å². The van der Waals surface area contributed by atoms with Gasteiger partial charge in [0.15, 0.2) is 0 Å². The quantitative estimate of drug-likeness (QED) is 0.599. The predicted molar refractivity (Wildman–Crippen MR) is 68.9 cm³/mol. The van der Waals surface area contributed by atoms with E-state index in [4.69, 9.17) is 0 Å². The van der Waals surface area contributed by atoms with Crippen molar-refractivity contribution in [3.05, 3.63) is 39.7 Å². The molecular formula is C13H19FN2O2. The number of nitrogens with zero attached hydrogens (tertiary/aromatic N) is 1. The van der Waals surface area contributed by atoms with Crippen LogP contribution in [0.25, 0.3) is 0 Å². The Balaban J connectivity index is 2.73. The molecule has 5 heteroatoms. The summed E-state index contributed by atoms with van der Waals surface area (Å²) in [7, 11) is 0. The van der Waals surface area contributed by atoms with Gasteiger partial charge in [-0.1, -0.05) is 32.4 Å². The van der Waals surface area contributed by atoms with Crippen LogP contribution in [0.3, 0.4) is 0 Å². The lowest BCUT2D eigenvalue weighted by atomic mass is 10.1. The van der Waals surface area contributed by atoms with Gasteiger partial charge >= 0.3 is 5.69 Å². The molecule has 1 aromatic rings. The molecular weight excluding hydrogens is 235 g/mol. The molecule has 0 aliphatic rings. The Morgan fingerprint density at radius 1 is 1.44 bits per heavy atom. The molecule has 0 spiro atoms. The summed E-state index contributed by atoms with van der Waals surface area (Å²) in [5.41, 5.74) is -0.114. The Hall–Kier alpha value is -1.49. The molecule has 0 fully saturated rings. The van der Waals surface area contributed by atoms with Crippen molar-refractivity contribution in [2.45, 2.75) is 45.7 Å². The number of hydrogen-bond acceptors (Lipinski definition) is 3. The molecule has 1 unspecified atom stereocenters. The predicted octanol–water partition coefficient (Wildman–Crippen LogP) is 3.40. The van der Waals surface area contributed by atoms with Gasteiger partial charge in [-0.15, -0.1) is 0 Å². The van der Waals surface area contributed by atoms with E-state index < -0.39 is 16.4 Å². The van der Waals surface area contributed by atoms with Crippen molar-refractivity contribution in [1.29, 1.82) is 0 Å². The molecule has 1 aromatic carbocycles. The molecule has 100 valence electrons. The topological polar surface area (TPSA) is 55.2 Å². The van der Waals surface area contributed by atoms with E-state index in [0.717, 1.165) is 19.3 Å². The summed E-state index contributed by atoms with van der Waals surface area (Å²) < 4.78 is 13.8. The SMILES string of the molecule is CCCC(CC)NCc1cccc([N+](=O)[O-])c1F. The van der Waals surface area contributed by atoms with Gasteiger partial charge in [-0.2, -0.15) is 4.39 Å². The van der Waals surface area contributed by atoms with E-state index in [0.29, 0.717) is 18.2 Å². The number of benzene rings is 1. The van der Waals surface area contributed by atoms with E-state index in [1.165, 1.54) is 12.1 Å². The second kappa shape index (κ2) is 7.06. The highest BCUT2D eigenvalue weighted by Gasteiger charge is 2.17. The lowest BCUT2D eigenvalue weighted by Crippen LogP contribution is -2.28. The molecule has 0 aromatic heterocycles. The van der Waals surface area contributed by atoms with Crippen molar-refractivity contribution in [1.82, 2.24) is 5.32 Å². The maximum atomic E-state index is 13.8. The smallest absolute Gasteiger partial charge is 0.305 e. The van der Waals surface area contributed by atoms with Gasteiger partial charge in [0.25, 0.3) is 0 Å². The third-order valence-corrected chi connectivity index (χ3v) is 2.97. The van der Waals surface area contributed by atoms with Crippen LogP contribution in [0.5, 0.6) is 0 Å². The minimum Gasteiger partial charge on any atom is -0.310 e. The molecule has 4 nitrogen and oxygen atoms in total. The van der Waals surface area contributed by atoms with Gasteiger partial charge in [-0.25, -0.2) is 0 Å². The van der Waals surface area contributed by atoms with E-state index in [2.05, 4.69) is 19.2 Å². The summed E-state index contributed by atoms with van der Waals surface area (Å²) in [6.45, 7) is 4.49. The summed E-state index contributed by atoms with van der Waals surface area (Å²) >= 11 is 0. The first-order chi connectivity index (χ1) is 8.60. The minimum atomic E-state index is -0.735. The van der Waals surface area contributed by atoms with Gasteiger partial charge in [0.05, 0.1) is 4.92 Å². The van der Waals surface area contributed by atoms with Crippen LogP contribution in [0.15, 0.2) is 18.2 Å². The fourth-order valence-electron chi connectivity index (χ4n) is 1.90. The van der Waals surface area contributed by atoms with Gasteiger partial charge in [0.1, 0.15) is 0 Å². The Kier molecular flexibility index (Phi) is 5.71. The zero-order valence-electron chi connectivity index (χ0n) is 10.8. The number of rotatable bonds is 7. The highest BCUT2D eigenvalue weighted by Crippen LogP contribution is 2.20. The molecule has 1 N–H and O–H groups in total. The Morgan fingerprint density at radius 3 is 2.72 bits per heavy atom. The van der Waals surface area contributed by atoms with Crippen LogP contribution in [0.1, 0.15) is 38.7 Å². The van der Waals surface area contributed by atoms with Crippen molar-refractivity contribution in [2.24, 2.45) is 0 Å². The third-order valence-electron chi connectivity index (χ3n) is 2.97. The van der Waals surface area contributed by atoms with Gasteiger partial charge < -0.3 is 5.32 Å². The van der Waals surface area contributed by atoms with Crippen LogP contribution in [-0.4, -0.2) is 11.0 Å². The van der Waals surface area contributed by atoms with Gasteiger partial charge in [0.2, 0.25) is 5.82 Å². The lowest BCUT2D eigenvalue weighted by Gasteiger charge is -2.16. The fourth-order valence-corrected chi connectivity index (χ4v) is 1.90. The molecule has 1 rings (SSSR count). The Morgan fingerprint density at radius 2 is 2.17 bits per heavy atom. The first-order valence-corrected chi connectivity index (χ1v) is 6.25. The summed E-state index contributed by atoms with van der Waals surface area (Å²) in [4.78, 5) is 9.92. The molecule has 0 radical (unpaired) electrons. The van der Waals surface area contributed by atoms with Crippen LogP contribution >= 0.6 is 0 Å². The number of nitro benzene ring substituents is 1. The highest BCUT2D eigenvalue weighted by molar-refractivity contribution is 5.36. The van der Waals surface area contributed by atoms with Crippen LogP contribution in [0.2, 0.25) is 0 Å². The second-order valence-electron chi connectivity index (χ2n) is 4.28. The van der Waals surface area contributed by atoms with Crippen molar-refractivity contribution in [3.8, 4) is 0 Å². The zero-order valence-corrected chi connectivity index (χ0v) is 10.8. The van der Waals surface area contributed by atoms with Gasteiger partial charge in [-0.05, 0) is 12.8 Å². The molecule has 0 heterocycles. The molecule has 0 amide bonds. The molecule has 0 aliphatic heterocycles. The van der Waals surface area contributed by atoms with Crippen molar-refractivity contribution in [2.75, 3.05) is 0 Å². The van der Waals surface area contributed by atoms with E-state index >= 15 is 0 Å². The Labute approximate surface area is 106 Å². The van der Waals surface area contributed by atoms with Crippen LogP contribution in [0, 0.1) is 15.9 Å². The summed E-state index contributed by atoms with van der Waals surface area (Å²) in [6.07, 6.45) is 3.04. The number of nitrogens with one attached hydrogen (secondary N) is 1. The number of halogens is 1. The van der Waals surface area contributed by atoms with Crippen molar-refractivity contribution < 1.29 is 9.31 Å². The molecule has 0 bridgehead atoms. The van der Waals surface area contributed by atoms with Crippen LogP contribution in [-0.2, 0) is 6.54 Å². The minimum absolute atomic E-state index is 0.325. The average Bonchev–Trinajstić information content (AvgIpc) is 2.35. The second-order valence-corrected chi connectivity index (χ2v) is 4.28. The average molecular weight is 254 g/mol. The van der Waals surface area contributed by atoms with E-state index in [1.807, 2.05) is 0 Å². The normalized spacial score (nSPS) is 12.4. The van der Waals surface area contributed by atoms with E-state index in [9.17, 15) is 14.5 Å². The number of hydrogen-bond donors (Lipinski definition) is 1. The molecule has 0 saturated heterocycles. The zero-order chi connectivity index (χ0) is 13.5. The molecule has 1 atom stereocenters. The van der Waals surface area contributed by atoms with Gasteiger partial charge in [-0.3, -0.25) is 10.1 Å². The van der Waals surface area contributed by atoms with Crippen LogP contribution < -0.4 is 5.32 Å². The summed E-state index contributed by atoms with van der Waals surface area (Å²) in [6, 6.07) is 4.60. The third kappa shape index (κ3) is 3.77. The lowest BCUT2D eigenvalue weighted by molar-refractivity contribution is -0.387. The summed E-state index contributed by atoms with van der Waals surface area (Å²) in [5, 5.41) is 13.8. The maximum absolute atomic E-state index is 13.8. The molecule has 18 heavy (non-hydrogen) atoms. The maximum Gasteiger partial charge on any atom is 0.305 e. The van der Waals surface area contributed by atoms with Crippen LogP contribution in [0.4, 0.5) is 10.1 Å². The van der Waals surface area contributed by atoms with Gasteiger partial charge in [0, 0.05) is 24.2 Å². The largest absolute Gasteiger partial charge is 0.310 e. The monoisotopic (exact) mass is 254 g/mol. The standard InChI is InChI=1S/C13H19FN2O2/c1-3-6-11(4-2)15-9-10-7-5-8-12(13(10)14)16(17)18/h5,7-8,11,15H,3-4,6,9H2,1-2H3. The summed E-state index contributed by atoms with van der Waals surface area (Å²) in [5.74, 6) is -0.735. The fraction of sp³-hybridized carbons (Fsp3) is 0.538. The first kappa shape index (κ1) is 14.6. The molecule has 0 aliphatic carbocycles. The molecule has 0 saturated carbocycles. The van der Waals surface area contributed by atoms with Crippen molar-refractivity contribution >= 4 is 5.69 Å². The first-order valence-electron chi connectivity index (χ1n) is 6.25. The van der Waals surface area contributed by atoms with Crippen molar-refractivity contribution in [3.63, 3.8) is 0 Å².